The van der Waals surface area contributed by atoms with Crippen molar-refractivity contribution in [3.63, 3.8) is 0 Å². The molecule has 1 aliphatic heterocycles. The van der Waals surface area contributed by atoms with E-state index in [9.17, 15) is 10.1 Å². The molecular formula is C15H20N2O2. The molecule has 1 unspecified atom stereocenters. The van der Waals surface area contributed by atoms with Crippen molar-refractivity contribution in [3.8, 4) is 0 Å². The maximum atomic E-state index is 11.1. The van der Waals surface area contributed by atoms with E-state index in [2.05, 4.69) is 17.9 Å². The second-order valence-electron chi connectivity index (χ2n) is 5.87. The number of benzene rings is 1. The van der Waals surface area contributed by atoms with E-state index in [1.165, 1.54) is 18.4 Å². The Morgan fingerprint density at radius 3 is 2.68 bits per heavy atom. The molecule has 1 saturated heterocycles. The average Bonchev–Trinajstić information content (AvgIpc) is 2.83. The standard InChI is InChI=1S/C15H20N2O2/c1-11-7-9-16(10-8-11)14-6-5-13-12(14)3-2-4-15(13)17(18)19/h2-4,11,14H,5-10H2,1H3. The number of likely N-dealkylation sites (tertiary alicyclic amines) is 1. The minimum atomic E-state index is -0.237. The van der Waals surface area contributed by atoms with Crippen LogP contribution >= 0.6 is 0 Å². The summed E-state index contributed by atoms with van der Waals surface area (Å²) in [5, 5.41) is 11.1. The molecule has 1 atom stereocenters. The molecule has 0 amide bonds. The van der Waals surface area contributed by atoms with Crippen LogP contribution in [0.25, 0.3) is 0 Å². The van der Waals surface area contributed by atoms with Crippen LogP contribution in [0.3, 0.4) is 0 Å². The Hall–Kier alpha value is -1.42. The summed E-state index contributed by atoms with van der Waals surface area (Å²) in [6.07, 6.45) is 4.39. The number of piperidine rings is 1. The summed E-state index contributed by atoms with van der Waals surface area (Å²) >= 11 is 0. The van der Waals surface area contributed by atoms with Crippen molar-refractivity contribution in [1.29, 1.82) is 0 Å². The van der Waals surface area contributed by atoms with Gasteiger partial charge in [-0.1, -0.05) is 19.1 Å². The van der Waals surface area contributed by atoms with Crippen LogP contribution in [-0.4, -0.2) is 22.9 Å². The minimum absolute atomic E-state index is 0.237. The number of nitrogens with zero attached hydrogens (tertiary/aromatic N) is 2. The lowest BCUT2D eigenvalue weighted by molar-refractivity contribution is -0.385. The van der Waals surface area contributed by atoms with E-state index in [-0.39, 0.29) is 4.92 Å². The van der Waals surface area contributed by atoms with Crippen molar-refractivity contribution in [3.05, 3.63) is 39.4 Å². The fraction of sp³-hybridized carbons (Fsp3) is 0.600. The summed E-state index contributed by atoms with van der Waals surface area (Å²) in [6, 6.07) is 5.96. The predicted molar refractivity (Wildman–Crippen MR) is 74.1 cm³/mol. The van der Waals surface area contributed by atoms with E-state index < -0.39 is 0 Å². The van der Waals surface area contributed by atoms with E-state index in [0.717, 1.165) is 37.4 Å². The maximum absolute atomic E-state index is 11.1. The second kappa shape index (κ2) is 4.93. The molecule has 1 aromatic carbocycles. The Morgan fingerprint density at radius 2 is 2.00 bits per heavy atom. The molecule has 4 heteroatoms. The zero-order chi connectivity index (χ0) is 13.4. The molecule has 4 nitrogen and oxygen atoms in total. The van der Waals surface area contributed by atoms with Gasteiger partial charge in [0.25, 0.3) is 5.69 Å². The van der Waals surface area contributed by atoms with Gasteiger partial charge in [-0.2, -0.15) is 0 Å². The van der Waals surface area contributed by atoms with Crippen molar-refractivity contribution in [2.24, 2.45) is 5.92 Å². The quantitative estimate of drug-likeness (QED) is 0.605. The zero-order valence-electron chi connectivity index (χ0n) is 11.3. The lowest BCUT2D eigenvalue weighted by atomic mass is 9.96. The van der Waals surface area contributed by atoms with Gasteiger partial charge < -0.3 is 0 Å². The van der Waals surface area contributed by atoms with Crippen molar-refractivity contribution in [2.45, 2.75) is 38.6 Å². The maximum Gasteiger partial charge on any atom is 0.272 e. The molecule has 0 spiro atoms. The van der Waals surface area contributed by atoms with Gasteiger partial charge in [-0.15, -0.1) is 0 Å². The highest BCUT2D eigenvalue weighted by molar-refractivity contribution is 5.49. The van der Waals surface area contributed by atoms with Crippen LogP contribution in [0.4, 0.5) is 5.69 Å². The van der Waals surface area contributed by atoms with Crippen molar-refractivity contribution in [1.82, 2.24) is 4.90 Å². The first kappa shape index (κ1) is 12.6. The first-order valence-electron chi connectivity index (χ1n) is 7.17. The summed E-state index contributed by atoms with van der Waals surface area (Å²) in [7, 11) is 0. The van der Waals surface area contributed by atoms with E-state index in [1.54, 1.807) is 6.07 Å². The summed E-state index contributed by atoms with van der Waals surface area (Å²) in [5.41, 5.74) is 2.48. The van der Waals surface area contributed by atoms with Gasteiger partial charge in [-0.05, 0) is 50.3 Å². The van der Waals surface area contributed by atoms with Crippen molar-refractivity contribution < 1.29 is 4.92 Å². The second-order valence-corrected chi connectivity index (χ2v) is 5.87. The monoisotopic (exact) mass is 260 g/mol. The Labute approximate surface area is 113 Å². The third-order valence-corrected chi connectivity index (χ3v) is 4.67. The van der Waals surface area contributed by atoms with Gasteiger partial charge in [0.05, 0.1) is 4.92 Å². The fourth-order valence-electron chi connectivity index (χ4n) is 3.50. The third kappa shape index (κ3) is 2.25. The topological polar surface area (TPSA) is 46.4 Å². The molecule has 0 bridgehead atoms. The number of rotatable bonds is 2. The molecule has 0 radical (unpaired) electrons. The Kier molecular flexibility index (Phi) is 3.27. The summed E-state index contributed by atoms with van der Waals surface area (Å²) < 4.78 is 0. The van der Waals surface area contributed by atoms with Gasteiger partial charge in [-0.3, -0.25) is 15.0 Å². The third-order valence-electron chi connectivity index (χ3n) is 4.67. The predicted octanol–water partition coefficient (Wildman–Crippen LogP) is 3.31. The highest BCUT2D eigenvalue weighted by atomic mass is 16.6. The molecule has 1 aliphatic carbocycles. The number of hydrogen-bond donors (Lipinski definition) is 0. The average molecular weight is 260 g/mol. The van der Waals surface area contributed by atoms with Gasteiger partial charge in [0.1, 0.15) is 0 Å². The summed E-state index contributed by atoms with van der Waals surface area (Å²) in [4.78, 5) is 13.4. The van der Waals surface area contributed by atoms with Crippen LogP contribution in [0.5, 0.6) is 0 Å². The van der Waals surface area contributed by atoms with Gasteiger partial charge in [0.15, 0.2) is 0 Å². The number of nitro groups is 1. The van der Waals surface area contributed by atoms with E-state index in [1.807, 2.05) is 6.07 Å². The van der Waals surface area contributed by atoms with Crippen LogP contribution in [0, 0.1) is 16.0 Å². The molecular weight excluding hydrogens is 240 g/mol. The Bertz CT molecular complexity index is 493. The summed E-state index contributed by atoms with van der Waals surface area (Å²) in [5.74, 6) is 0.822. The number of fused-ring (bicyclic) bond motifs is 1. The smallest absolute Gasteiger partial charge is 0.272 e. The Balaban J connectivity index is 1.86. The number of hydrogen-bond acceptors (Lipinski definition) is 3. The van der Waals surface area contributed by atoms with Crippen LogP contribution in [0.1, 0.15) is 43.4 Å². The van der Waals surface area contributed by atoms with Gasteiger partial charge in [0, 0.05) is 17.7 Å². The molecule has 3 rings (SSSR count). The lowest BCUT2D eigenvalue weighted by Gasteiger charge is -2.35. The van der Waals surface area contributed by atoms with Crippen LogP contribution in [0.2, 0.25) is 0 Å². The molecule has 1 aromatic rings. The fourth-order valence-corrected chi connectivity index (χ4v) is 3.50. The molecule has 1 fully saturated rings. The molecule has 2 aliphatic rings. The molecule has 0 N–H and O–H groups in total. The van der Waals surface area contributed by atoms with Crippen molar-refractivity contribution in [2.75, 3.05) is 13.1 Å². The highest BCUT2D eigenvalue weighted by Gasteiger charge is 2.33. The SMILES string of the molecule is CC1CCN(C2CCc3c2cccc3[N+](=O)[O-])CC1. The Morgan fingerprint density at radius 1 is 1.26 bits per heavy atom. The van der Waals surface area contributed by atoms with Crippen molar-refractivity contribution >= 4 is 5.69 Å². The lowest BCUT2D eigenvalue weighted by Crippen LogP contribution is -2.35. The first-order chi connectivity index (χ1) is 9.16. The highest BCUT2D eigenvalue weighted by Crippen LogP contribution is 2.41. The number of nitro benzene ring substituents is 1. The van der Waals surface area contributed by atoms with Gasteiger partial charge in [-0.25, -0.2) is 0 Å². The molecule has 102 valence electrons. The van der Waals surface area contributed by atoms with Gasteiger partial charge in [0.2, 0.25) is 0 Å². The largest absolute Gasteiger partial charge is 0.296 e. The van der Waals surface area contributed by atoms with Crippen LogP contribution in [0.15, 0.2) is 18.2 Å². The van der Waals surface area contributed by atoms with E-state index in [0.29, 0.717) is 11.7 Å². The van der Waals surface area contributed by atoms with Crippen LogP contribution in [-0.2, 0) is 6.42 Å². The minimum Gasteiger partial charge on any atom is -0.296 e. The first-order valence-corrected chi connectivity index (χ1v) is 7.17. The molecule has 19 heavy (non-hydrogen) atoms. The van der Waals surface area contributed by atoms with E-state index in [4.69, 9.17) is 0 Å². The molecule has 0 saturated carbocycles. The molecule has 0 aromatic heterocycles. The van der Waals surface area contributed by atoms with Crippen LogP contribution < -0.4 is 0 Å². The van der Waals surface area contributed by atoms with Gasteiger partial charge >= 0.3 is 0 Å². The zero-order valence-corrected chi connectivity index (χ0v) is 11.3. The normalized spacial score (nSPS) is 24.4. The van der Waals surface area contributed by atoms with E-state index >= 15 is 0 Å². The molecule has 1 heterocycles. The summed E-state index contributed by atoms with van der Waals surface area (Å²) in [6.45, 7) is 4.58.